The Morgan fingerprint density at radius 2 is 1.76 bits per heavy atom. The maximum Gasteiger partial charge on any atom is 0.227 e. The Bertz CT molecular complexity index is 945. The summed E-state index contributed by atoms with van der Waals surface area (Å²) in [5.41, 5.74) is 4.65. The summed E-state index contributed by atoms with van der Waals surface area (Å²) in [4.78, 5) is 25.6. The molecule has 1 aliphatic heterocycles. The molecule has 0 N–H and O–H groups in total. The van der Waals surface area contributed by atoms with E-state index in [2.05, 4.69) is 45.2 Å². The van der Waals surface area contributed by atoms with Crippen molar-refractivity contribution in [1.82, 2.24) is 19.8 Å². The second-order valence-electron chi connectivity index (χ2n) is 7.69. The fourth-order valence-corrected chi connectivity index (χ4v) is 3.93. The summed E-state index contributed by atoms with van der Waals surface area (Å²) >= 11 is 0. The second kappa shape index (κ2) is 8.97. The third-order valence-electron chi connectivity index (χ3n) is 5.52. The van der Waals surface area contributed by atoms with Crippen LogP contribution in [0.15, 0.2) is 73.3 Å². The number of carbonyl (C=O) groups excluding carboxylic acids is 1. The average Bonchev–Trinajstić information content (AvgIpc) is 2.89. The summed E-state index contributed by atoms with van der Waals surface area (Å²) in [7, 11) is 1.91. The second-order valence-corrected chi connectivity index (χ2v) is 7.69. The van der Waals surface area contributed by atoms with Gasteiger partial charge >= 0.3 is 0 Å². The maximum absolute atomic E-state index is 13.0. The van der Waals surface area contributed by atoms with Crippen molar-refractivity contribution in [3.05, 3.63) is 84.4 Å². The molecule has 0 spiro atoms. The molecule has 0 bridgehead atoms. The first kappa shape index (κ1) is 19.3. The summed E-state index contributed by atoms with van der Waals surface area (Å²) in [6.07, 6.45) is 8.05. The molecule has 2 aromatic heterocycles. The molecule has 0 aliphatic carbocycles. The molecular weight excluding hydrogens is 360 g/mol. The summed E-state index contributed by atoms with van der Waals surface area (Å²) in [5, 5.41) is 0. The van der Waals surface area contributed by atoms with Crippen LogP contribution in [0, 0.1) is 5.92 Å². The van der Waals surface area contributed by atoms with Crippen LogP contribution in [0.3, 0.4) is 0 Å². The molecule has 1 aromatic carbocycles. The zero-order valence-electron chi connectivity index (χ0n) is 16.7. The van der Waals surface area contributed by atoms with Crippen LogP contribution in [0.4, 0.5) is 0 Å². The SMILES string of the molecule is CN1CCN(Cc2ccncc2)CC(Cc2cccc(-c3cccnc3)c2)C1=O. The highest BCUT2D eigenvalue weighted by Gasteiger charge is 2.28. The highest BCUT2D eigenvalue weighted by atomic mass is 16.2. The van der Waals surface area contributed by atoms with Crippen molar-refractivity contribution < 1.29 is 4.79 Å². The van der Waals surface area contributed by atoms with Gasteiger partial charge in [-0.2, -0.15) is 0 Å². The smallest absolute Gasteiger partial charge is 0.227 e. The number of rotatable bonds is 5. The molecular formula is C24H26N4O. The van der Waals surface area contributed by atoms with Crippen LogP contribution in [0.5, 0.6) is 0 Å². The largest absolute Gasteiger partial charge is 0.344 e. The molecule has 148 valence electrons. The van der Waals surface area contributed by atoms with Gasteiger partial charge in [-0.1, -0.05) is 30.3 Å². The van der Waals surface area contributed by atoms with E-state index in [1.807, 2.05) is 48.7 Å². The zero-order chi connectivity index (χ0) is 20.1. The molecule has 0 radical (unpaired) electrons. The standard InChI is InChI=1S/C24H26N4O/c1-27-12-13-28(17-19-7-10-25-11-8-19)18-23(24(27)29)15-20-4-2-5-21(14-20)22-6-3-9-26-16-22/h2-11,14,16,23H,12-13,15,17-18H2,1H3. The Morgan fingerprint density at radius 3 is 2.55 bits per heavy atom. The van der Waals surface area contributed by atoms with Gasteiger partial charge in [-0.15, -0.1) is 0 Å². The van der Waals surface area contributed by atoms with Gasteiger partial charge < -0.3 is 4.90 Å². The molecule has 3 aromatic rings. The molecule has 3 heterocycles. The molecule has 1 saturated heterocycles. The van der Waals surface area contributed by atoms with Crippen molar-refractivity contribution in [2.24, 2.45) is 5.92 Å². The predicted molar refractivity (Wildman–Crippen MR) is 114 cm³/mol. The highest BCUT2D eigenvalue weighted by molar-refractivity contribution is 5.79. The summed E-state index contributed by atoms with van der Waals surface area (Å²) in [6, 6.07) is 16.6. The lowest BCUT2D eigenvalue weighted by molar-refractivity contribution is -0.133. The lowest BCUT2D eigenvalue weighted by atomic mass is 9.95. The van der Waals surface area contributed by atoms with Gasteiger partial charge in [0.15, 0.2) is 0 Å². The number of hydrogen-bond donors (Lipinski definition) is 0. The van der Waals surface area contributed by atoms with Crippen molar-refractivity contribution in [2.45, 2.75) is 13.0 Å². The predicted octanol–water partition coefficient (Wildman–Crippen LogP) is 3.28. The first-order chi connectivity index (χ1) is 14.2. The van der Waals surface area contributed by atoms with Gasteiger partial charge in [0.25, 0.3) is 0 Å². The number of aromatic nitrogens is 2. The summed E-state index contributed by atoms with van der Waals surface area (Å²) in [6.45, 7) is 3.26. The Labute approximate surface area is 172 Å². The van der Waals surface area contributed by atoms with E-state index in [-0.39, 0.29) is 11.8 Å². The first-order valence-electron chi connectivity index (χ1n) is 10.0. The van der Waals surface area contributed by atoms with Gasteiger partial charge in [0.1, 0.15) is 0 Å². The van der Waals surface area contributed by atoms with Crippen molar-refractivity contribution in [3.63, 3.8) is 0 Å². The normalized spacial score (nSPS) is 17.9. The van der Waals surface area contributed by atoms with Crippen LogP contribution in [0.25, 0.3) is 11.1 Å². The minimum absolute atomic E-state index is 0.0477. The van der Waals surface area contributed by atoms with Crippen molar-refractivity contribution in [1.29, 1.82) is 0 Å². The van der Waals surface area contributed by atoms with Gasteiger partial charge in [0.05, 0.1) is 5.92 Å². The van der Waals surface area contributed by atoms with Gasteiger partial charge in [0.2, 0.25) is 5.91 Å². The number of pyridine rings is 2. The van der Waals surface area contributed by atoms with Crippen LogP contribution in [0.2, 0.25) is 0 Å². The molecule has 1 amide bonds. The van der Waals surface area contributed by atoms with Gasteiger partial charge in [0, 0.05) is 58.0 Å². The lowest BCUT2D eigenvalue weighted by Gasteiger charge is -2.23. The van der Waals surface area contributed by atoms with E-state index < -0.39 is 0 Å². The van der Waals surface area contributed by atoms with Gasteiger partial charge in [-0.25, -0.2) is 0 Å². The minimum atomic E-state index is -0.0477. The fraction of sp³-hybridized carbons (Fsp3) is 0.292. The minimum Gasteiger partial charge on any atom is -0.344 e. The van der Waals surface area contributed by atoms with Crippen LogP contribution in [-0.4, -0.2) is 52.4 Å². The molecule has 1 fully saturated rings. The van der Waals surface area contributed by atoms with Crippen LogP contribution < -0.4 is 0 Å². The van der Waals surface area contributed by atoms with Crippen molar-refractivity contribution in [3.8, 4) is 11.1 Å². The molecule has 1 atom stereocenters. The Balaban J connectivity index is 1.52. The average molecular weight is 386 g/mol. The lowest BCUT2D eigenvalue weighted by Crippen LogP contribution is -2.34. The number of carbonyl (C=O) groups is 1. The fourth-order valence-electron chi connectivity index (χ4n) is 3.93. The molecule has 0 saturated carbocycles. The zero-order valence-corrected chi connectivity index (χ0v) is 16.7. The molecule has 5 nitrogen and oxygen atoms in total. The van der Waals surface area contributed by atoms with Crippen molar-refractivity contribution in [2.75, 3.05) is 26.7 Å². The third kappa shape index (κ3) is 4.87. The molecule has 1 unspecified atom stereocenters. The van der Waals surface area contributed by atoms with Crippen molar-refractivity contribution >= 4 is 5.91 Å². The molecule has 5 heteroatoms. The first-order valence-corrected chi connectivity index (χ1v) is 10.0. The maximum atomic E-state index is 13.0. The third-order valence-corrected chi connectivity index (χ3v) is 5.52. The number of hydrogen-bond acceptors (Lipinski definition) is 4. The Hall–Kier alpha value is -3.05. The van der Waals surface area contributed by atoms with Gasteiger partial charge in [-0.3, -0.25) is 19.7 Å². The highest BCUT2D eigenvalue weighted by Crippen LogP contribution is 2.23. The van der Waals surface area contributed by atoms with E-state index in [4.69, 9.17) is 0 Å². The topological polar surface area (TPSA) is 49.3 Å². The Morgan fingerprint density at radius 1 is 0.931 bits per heavy atom. The summed E-state index contributed by atoms with van der Waals surface area (Å²) in [5.74, 6) is 0.183. The molecule has 4 rings (SSSR count). The Kier molecular flexibility index (Phi) is 5.96. The number of amides is 1. The quantitative estimate of drug-likeness (QED) is 0.675. The van der Waals surface area contributed by atoms with Crippen LogP contribution in [-0.2, 0) is 17.8 Å². The van der Waals surface area contributed by atoms with E-state index in [0.29, 0.717) is 0 Å². The summed E-state index contributed by atoms with van der Waals surface area (Å²) < 4.78 is 0. The van der Waals surface area contributed by atoms with E-state index in [1.54, 1.807) is 6.20 Å². The number of benzene rings is 1. The number of nitrogens with zero attached hydrogens (tertiary/aromatic N) is 4. The molecule has 29 heavy (non-hydrogen) atoms. The number of likely N-dealkylation sites (N-methyl/N-ethyl adjacent to an activating group) is 1. The van der Waals surface area contributed by atoms with E-state index in [9.17, 15) is 4.79 Å². The van der Waals surface area contributed by atoms with Gasteiger partial charge in [-0.05, 0) is 46.9 Å². The monoisotopic (exact) mass is 386 g/mol. The molecule has 1 aliphatic rings. The van der Waals surface area contributed by atoms with E-state index in [1.165, 1.54) is 11.1 Å². The van der Waals surface area contributed by atoms with Crippen LogP contribution in [0.1, 0.15) is 11.1 Å². The van der Waals surface area contributed by atoms with E-state index >= 15 is 0 Å². The van der Waals surface area contributed by atoms with Crippen LogP contribution >= 0.6 is 0 Å². The van der Waals surface area contributed by atoms with E-state index in [0.717, 1.165) is 43.7 Å².